The van der Waals surface area contributed by atoms with Crippen molar-refractivity contribution in [1.82, 2.24) is 24.5 Å². The predicted octanol–water partition coefficient (Wildman–Crippen LogP) is 1.46. The summed E-state index contributed by atoms with van der Waals surface area (Å²) in [6, 6.07) is 4.88. The van der Waals surface area contributed by atoms with Crippen LogP contribution in [-0.2, 0) is 4.74 Å². The zero-order valence-electron chi connectivity index (χ0n) is 18.2. The lowest BCUT2D eigenvalue weighted by Crippen LogP contribution is -2.28. The van der Waals surface area contributed by atoms with Crippen LogP contribution in [0.1, 0.15) is 29.6 Å². The number of pyridine rings is 1. The standard InChI is InChI=1S/C17H16N8O2.C5H10O/c18-12-8-13(23-16-10(15(19)26)9-21-25(12)16)22-11-4-3-7-24(17(11)27)14-5-1-2-6-20-14;1-6-5-3-2-4-5/h1-5,7-9,20H,6,18H2,(H2,19,26)(H,22,23);5H,2-4H2,1H3. The number of dihydropyridines is 1. The summed E-state index contributed by atoms with van der Waals surface area (Å²) in [7, 11) is 1.78. The Bertz CT molecular complexity index is 1280. The first-order valence-corrected chi connectivity index (χ1v) is 10.5. The van der Waals surface area contributed by atoms with E-state index in [1.165, 1.54) is 40.6 Å². The number of rotatable bonds is 5. The van der Waals surface area contributed by atoms with Gasteiger partial charge in [0.25, 0.3) is 11.5 Å². The molecule has 11 nitrogen and oxygen atoms in total. The van der Waals surface area contributed by atoms with Crippen LogP contribution in [0.5, 0.6) is 0 Å². The number of nitrogens with zero attached hydrogens (tertiary/aromatic N) is 4. The monoisotopic (exact) mass is 450 g/mol. The highest BCUT2D eigenvalue weighted by atomic mass is 16.5. The van der Waals surface area contributed by atoms with Gasteiger partial charge in [0.1, 0.15) is 28.7 Å². The van der Waals surface area contributed by atoms with Crippen molar-refractivity contribution < 1.29 is 9.53 Å². The topological polar surface area (TPSA) is 155 Å². The third kappa shape index (κ3) is 4.72. The third-order valence-corrected chi connectivity index (χ3v) is 5.41. The van der Waals surface area contributed by atoms with Gasteiger partial charge in [-0.05, 0) is 37.5 Å². The summed E-state index contributed by atoms with van der Waals surface area (Å²) in [4.78, 5) is 28.6. The van der Waals surface area contributed by atoms with Crippen molar-refractivity contribution in [3.63, 3.8) is 0 Å². The molecule has 0 radical (unpaired) electrons. The minimum Gasteiger partial charge on any atom is -0.383 e. The predicted molar refractivity (Wildman–Crippen MR) is 126 cm³/mol. The molecule has 1 saturated carbocycles. The average Bonchev–Trinajstić information content (AvgIpc) is 3.20. The van der Waals surface area contributed by atoms with Crippen molar-refractivity contribution in [1.29, 1.82) is 0 Å². The van der Waals surface area contributed by atoms with Gasteiger partial charge in [0.2, 0.25) is 0 Å². The smallest absolute Gasteiger partial charge is 0.279 e. The summed E-state index contributed by atoms with van der Waals surface area (Å²) in [6.45, 7) is 0.641. The molecule has 0 unspecified atom stereocenters. The zero-order chi connectivity index (χ0) is 23.4. The first-order chi connectivity index (χ1) is 16.0. The molecule has 33 heavy (non-hydrogen) atoms. The number of aromatic nitrogens is 4. The summed E-state index contributed by atoms with van der Waals surface area (Å²) < 4.78 is 7.78. The van der Waals surface area contributed by atoms with Crippen molar-refractivity contribution >= 4 is 34.7 Å². The lowest BCUT2D eigenvalue weighted by atomic mass is 9.96. The van der Waals surface area contributed by atoms with Gasteiger partial charge in [0, 0.05) is 25.9 Å². The number of hydrogen-bond acceptors (Lipinski definition) is 8. The fraction of sp³-hybridized carbons (Fsp3) is 0.273. The number of methoxy groups -OCH3 is 1. The molecule has 1 amide bonds. The number of amides is 1. The van der Waals surface area contributed by atoms with Crippen LogP contribution in [0, 0.1) is 0 Å². The Labute approximate surface area is 189 Å². The Morgan fingerprint density at radius 1 is 1.36 bits per heavy atom. The van der Waals surface area contributed by atoms with E-state index in [0.29, 0.717) is 30.0 Å². The van der Waals surface area contributed by atoms with Gasteiger partial charge in [-0.15, -0.1) is 0 Å². The minimum absolute atomic E-state index is 0.138. The second-order valence-corrected chi connectivity index (χ2v) is 7.60. The summed E-state index contributed by atoms with van der Waals surface area (Å²) in [5.74, 6) is 0.539. The molecule has 2 aliphatic rings. The number of primary amides is 1. The molecule has 4 heterocycles. The minimum atomic E-state index is -0.667. The maximum absolute atomic E-state index is 12.8. The largest absolute Gasteiger partial charge is 0.383 e. The number of nitrogens with two attached hydrogens (primary N) is 2. The fourth-order valence-electron chi connectivity index (χ4n) is 3.36. The van der Waals surface area contributed by atoms with Crippen LogP contribution in [-0.4, -0.2) is 44.8 Å². The van der Waals surface area contributed by atoms with Gasteiger partial charge in [-0.2, -0.15) is 9.61 Å². The zero-order valence-corrected chi connectivity index (χ0v) is 18.2. The van der Waals surface area contributed by atoms with E-state index in [9.17, 15) is 9.59 Å². The van der Waals surface area contributed by atoms with Gasteiger partial charge in [0.15, 0.2) is 5.65 Å². The molecule has 172 valence electrons. The second kappa shape index (κ2) is 9.57. The van der Waals surface area contributed by atoms with Crippen LogP contribution >= 0.6 is 0 Å². The van der Waals surface area contributed by atoms with Crippen molar-refractivity contribution in [3.05, 3.63) is 64.7 Å². The third-order valence-electron chi connectivity index (χ3n) is 5.41. The Morgan fingerprint density at radius 3 is 2.79 bits per heavy atom. The molecule has 0 aromatic carbocycles. The van der Waals surface area contributed by atoms with Gasteiger partial charge >= 0.3 is 0 Å². The molecular formula is C22H26N8O3. The van der Waals surface area contributed by atoms with Gasteiger partial charge in [-0.25, -0.2) is 4.98 Å². The Hall–Kier alpha value is -4.12. The van der Waals surface area contributed by atoms with Crippen LogP contribution < -0.4 is 27.7 Å². The van der Waals surface area contributed by atoms with Crippen LogP contribution in [0.15, 0.2) is 53.6 Å². The molecule has 1 aliphatic heterocycles. The van der Waals surface area contributed by atoms with E-state index in [1.807, 2.05) is 18.2 Å². The van der Waals surface area contributed by atoms with Gasteiger partial charge in [0.05, 0.1) is 12.3 Å². The van der Waals surface area contributed by atoms with E-state index >= 15 is 0 Å². The Morgan fingerprint density at radius 2 is 2.18 bits per heavy atom. The number of fused-ring (bicyclic) bond motifs is 1. The molecule has 1 fully saturated rings. The lowest BCUT2D eigenvalue weighted by molar-refractivity contribution is 0.0412. The summed E-state index contributed by atoms with van der Waals surface area (Å²) in [5, 5.41) is 10.1. The molecule has 6 N–H and O–H groups in total. The van der Waals surface area contributed by atoms with Crippen molar-refractivity contribution in [2.24, 2.45) is 5.73 Å². The number of nitrogen functional groups attached to an aromatic ring is 1. The molecule has 0 atom stereocenters. The summed E-state index contributed by atoms with van der Waals surface area (Å²) >= 11 is 0. The van der Waals surface area contributed by atoms with Crippen LogP contribution in [0.4, 0.5) is 17.3 Å². The van der Waals surface area contributed by atoms with E-state index in [2.05, 4.69) is 20.7 Å². The van der Waals surface area contributed by atoms with Crippen LogP contribution in [0.2, 0.25) is 0 Å². The highest BCUT2D eigenvalue weighted by Gasteiger charge is 2.16. The molecule has 5 rings (SSSR count). The molecule has 3 aromatic rings. The normalized spacial score (nSPS) is 15.1. The summed E-state index contributed by atoms with van der Waals surface area (Å²) in [5.41, 5.74) is 11.7. The average molecular weight is 451 g/mol. The fourth-order valence-corrected chi connectivity index (χ4v) is 3.36. The highest BCUT2D eigenvalue weighted by Crippen LogP contribution is 2.20. The molecule has 0 saturated heterocycles. The molecule has 3 aromatic heterocycles. The maximum Gasteiger partial charge on any atom is 0.279 e. The number of nitrogens with one attached hydrogen (secondary N) is 2. The SMILES string of the molecule is COC1CCC1.NC(=O)c1cnn2c(N)cc(Nc3cccn(C4=CC=CCN4)c3=O)nc12. The van der Waals surface area contributed by atoms with Crippen molar-refractivity contribution in [2.75, 3.05) is 24.7 Å². The Balaban J connectivity index is 0.000000376. The van der Waals surface area contributed by atoms with Gasteiger partial charge < -0.3 is 26.8 Å². The number of carbonyl (C=O) groups is 1. The maximum atomic E-state index is 12.8. The molecule has 11 heteroatoms. The number of allylic oxidation sites excluding steroid dienone is 2. The number of ether oxygens (including phenoxy) is 1. The number of anilines is 3. The Kier molecular flexibility index (Phi) is 6.41. The summed E-state index contributed by atoms with van der Waals surface area (Å²) in [6.07, 6.45) is 13.2. The number of carbonyl (C=O) groups excluding carboxylic acids is 1. The first-order valence-electron chi connectivity index (χ1n) is 10.5. The number of hydrogen-bond donors (Lipinski definition) is 4. The molecule has 0 bridgehead atoms. The van der Waals surface area contributed by atoms with Crippen molar-refractivity contribution in [3.8, 4) is 0 Å². The molecule has 0 spiro atoms. The first kappa shape index (κ1) is 22.1. The lowest BCUT2D eigenvalue weighted by Gasteiger charge is -2.22. The van der Waals surface area contributed by atoms with Crippen LogP contribution in [0.3, 0.4) is 0 Å². The van der Waals surface area contributed by atoms with Crippen LogP contribution in [0.25, 0.3) is 11.5 Å². The molecular weight excluding hydrogens is 424 g/mol. The van der Waals surface area contributed by atoms with E-state index in [4.69, 9.17) is 16.2 Å². The quantitative estimate of drug-likeness (QED) is 0.455. The van der Waals surface area contributed by atoms with E-state index < -0.39 is 5.91 Å². The van der Waals surface area contributed by atoms with Gasteiger partial charge in [-0.3, -0.25) is 14.2 Å². The van der Waals surface area contributed by atoms with E-state index in [1.54, 1.807) is 25.4 Å². The van der Waals surface area contributed by atoms with E-state index in [-0.39, 0.29) is 22.6 Å². The van der Waals surface area contributed by atoms with Crippen molar-refractivity contribution in [2.45, 2.75) is 25.4 Å². The molecule has 1 aliphatic carbocycles. The van der Waals surface area contributed by atoms with Gasteiger partial charge in [-0.1, -0.05) is 12.2 Å². The van der Waals surface area contributed by atoms with E-state index in [0.717, 1.165) is 0 Å². The second-order valence-electron chi connectivity index (χ2n) is 7.60. The highest BCUT2D eigenvalue weighted by molar-refractivity contribution is 5.98.